The first-order chi connectivity index (χ1) is 18.0. The van der Waals surface area contributed by atoms with Gasteiger partial charge in [-0.2, -0.15) is 0 Å². The molecule has 0 spiro atoms. The molecule has 1 atom stereocenters. The van der Waals surface area contributed by atoms with Crippen molar-refractivity contribution < 1.29 is 24.3 Å². The smallest absolute Gasteiger partial charge is 0.267 e. The second-order valence-corrected chi connectivity index (χ2v) is 7.91. The minimum Gasteiger partial charge on any atom is -0.496 e. The predicted molar refractivity (Wildman–Crippen MR) is 144 cm³/mol. The lowest BCUT2D eigenvalue weighted by Gasteiger charge is -2.18. The highest BCUT2D eigenvalue weighted by Gasteiger charge is 2.22. The lowest BCUT2D eigenvalue weighted by molar-refractivity contribution is -0.131. The standard InChI is InChI=1S/C28H28N4O5.CH4/c1-37-25-10-6-5-9-23(25)17-29-19-26(33)30-18-24(28(35)32-36)31-27(34)22-15-13-21(14-16-22)12-11-20-7-3-2-4-8-20;/h2-10,13-16,24,29,36H,17-19H2,1H3,(H,30,33)(H,31,34)(H,32,35);1H4/t24-;/m0./s1. The second-order valence-electron chi connectivity index (χ2n) is 7.91. The lowest BCUT2D eigenvalue weighted by Crippen LogP contribution is -2.52. The molecule has 3 aromatic carbocycles. The van der Waals surface area contributed by atoms with E-state index in [1.54, 1.807) is 31.4 Å². The number of hydroxylamine groups is 1. The first-order valence-corrected chi connectivity index (χ1v) is 11.5. The number of carbonyl (C=O) groups is 3. The number of hydrogen-bond donors (Lipinski definition) is 5. The molecule has 3 aromatic rings. The highest BCUT2D eigenvalue weighted by molar-refractivity contribution is 5.97. The van der Waals surface area contributed by atoms with Gasteiger partial charge < -0.3 is 20.7 Å². The number of benzene rings is 3. The first-order valence-electron chi connectivity index (χ1n) is 11.5. The van der Waals surface area contributed by atoms with Gasteiger partial charge in [-0.05, 0) is 42.5 Å². The SMILES string of the molecule is C.COc1ccccc1CNCC(=O)NC[C@H](NC(=O)c1ccc(C#Cc2ccccc2)cc1)C(=O)NO. The van der Waals surface area contributed by atoms with Crippen molar-refractivity contribution in [2.75, 3.05) is 20.2 Å². The topological polar surface area (TPSA) is 129 Å². The Kier molecular flexibility index (Phi) is 12.0. The molecule has 9 heteroatoms. The van der Waals surface area contributed by atoms with E-state index in [0.29, 0.717) is 17.9 Å². The van der Waals surface area contributed by atoms with Crippen molar-refractivity contribution in [3.05, 3.63) is 101 Å². The van der Waals surface area contributed by atoms with Crippen molar-refractivity contribution in [1.29, 1.82) is 0 Å². The lowest BCUT2D eigenvalue weighted by atomic mass is 10.1. The molecule has 9 nitrogen and oxygen atoms in total. The van der Waals surface area contributed by atoms with Crippen LogP contribution in [0.15, 0.2) is 78.9 Å². The van der Waals surface area contributed by atoms with E-state index in [1.807, 2.05) is 54.6 Å². The van der Waals surface area contributed by atoms with Gasteiger partial charge >= 0.3 is 0 Å². The Balaban J connectivity index is 0.00000507. The number of rotatable bonds is 10. The second kappa shape index (κ2) is 15.5. The summed E-state index contributed by atoms with van der Waals surface area (Å²) < 4.78 is 5.28. The molecule has 0 aliphatic rings. The molecule has 0 aliphatic heterocycles. The van der Waals surface area contributed by atoms with E-state index in [1.165, 1.54) is 5.48 Å². The highest BCUT2D eigenvalue weighted by atomic mass is 16.5. The van der Waals surface area contributed by atoms with Crippen LogP contribution in [0.4, 0.5) is 0 Å². The van der Waals surface area contributed by atoms with E-state index in [0.717, 1.165) is 16.7 Å². The summed E-state index contributed by atoms with van der Waals surface area (Å²) in [6.07, 6.45) is 0. The third kappa shape index (κ3) is 9.09. The minimum absolute atomic E-state index is 0. The molecule has 198 valence electrons. The zero-order chi connectivity index (χ0) is 26.5. The molecule has 0 heterocycles. The molecule has 0 bridgehead atoms. The van der Waals surface area contributed by atoms with Crippen LogP contribution in [0.3, 0.4) is 0 Å². The van der Waals surface area contributed by atoms with Crippen LogP contribution in [0.25, 0.3) is 0 Å². The summed E-state index contributed by atoms with van der Waals surface area (Å²) >= 11 is 0. The van der Waals surface area contributed by atoms with Gasteiger partial charge in [-0.1, -0.05) is 55.7 Å². The highest BCUT2D eigenvalue weighted by Crippen LogP contribution is 2.16. The summed E-state index contributed by atoms with van der Waals surface area (Å²) in [5.74, 6) is 4.97. The summed E-state index contributed by atoms with van der Waals surface area (Å²) in [4.78, 5) is 37.0. The van der Waals surface area contributed by atoms with Crippen molar-refractivity contribution >= 4 is 17.7 Å². The van der Waals surface area contributed by atoms with Crippen molar-refractivity contribution in [3.8, 4) is 17.6 Å². The number of ether oxygens (including phenoxy) is 1. The number of amides is 3. The molecule has 0 fully saturated rings. The average Bonchev–Trinajstić information content (AvgIpc) is 2.94. The van der Waals surface area contributed by atoms with Crippen LogP contribution < -0.4 is 26.2 Å². The van der Waals surface area contributed by atoms with E-state index in [-0.39, 0.29) is 26.4 Å². The van der Waals surface area contributed by atoms with Crippen molar-refractivity contribution in [3.63, 3.8) is 0 Å². The number of methoxy groups -OCH3 is 1. The summed E-state index contributed by atoms with van der Waals surface area (Å²) in [7, 11) is 1.57. The summed E-state index contributed by atoms with van der Waals surface area (Å²) in [6.45, 7) is 0.166. The monoisotopic (exact) mass is 516 g/mol. The van der Waals surface area contributed by atoms with E-state index in [9.17, 15) is 14.4 Å². The third-order valence-corrected chi connectivity index (χ3v) is 5.30. The van der Waals surface area contributed by atoms with Crippen molar-refractivity contribution in [1.82, 2.24) is 21.4 Å². The molecule has 3 rings (SSSR count). The van der Waals surface area contributed by atoms with E-state index in [2.05, 4.69) is 27.8 Å². The summed E-state index contributed by atoms with van der Waals surface area (Å²) in [5.41, 5.74) is 4.29. The quantitative estimate of drug-likeness (QED) is 0.160. The predicted octanol–water partition coefficient (Wildman–Crippen LogP) is 2.24. The van der Waals surface area contributed by atoms with Crippen molar-refractivity contribution in [2.24, 2.45) is 0 Å². The molecular formula is C29H32N4O5. The molecule has 3 amide bonds. The van der Waals surface area contributed by atoms with Gasteiger partial charge in [0.1, 0.15) is 11.8 Å². The fourth-order valence-corrected chi connectivity index (χ4v) is 3.34. The fraction of sp³-hybridized carbons (Fsp3) is 0.207. The molecule has 38 heavy (non-hydrogen) atoms. The van der Waals surface area contributed by atoms with E-state index in [4.69, 9.17) is 9.94 Å². The van der Waals surface area contributed by atoms with E-state index >= 15 is 0 Å². The Morgan fingerprint density at radius 3 is 2.18 bits per heavy atom. The van der Waals surface area contributed by atoms with Gasteiger partial charge in [0, 0.05) is 35.3 Å². The number of para-hydroxylation sites is 1. The number of nitrogens with one attached hydrogen (secondary N) is 4. The van der Waals surface area contributed by atoms with Crippen LogP contribution >= 0.6 is 0 Å². The Morgan fingerprint density at radius 1 is 0.895 bits per heavy atom. The normalized spacial score (nSPS) is 10.6. The Morgan fingerprint density at radius 2 is 1.53 bits per heavy atom. The van der Waals surface area contributed by atoms with Gasteiger partial charge in [0.2, 0.25) is 5.91 Å². The fourth-order valence-electron chi connectivity index (χ4n) is 3.34. The van der Waals surface area contributed by atoms with Gasteiger partial charge in [0.15, 0.2) is 0 Å². The Labute approximate surface area is 222 Å². The molecule has 0 unspecified atom stereocenters. The zero-order valence-corrected chi connectivity index (χ0v) is 20.3. The summed E-state index contributed by atoms with van der Waals surface area (Å²) in [5, 5.41) is 17.1. The van der Waals surface area contributed by atoms with Gasteiger partial charge in [-0.25, -0.2) is 5.48 Å². The minimum atomic E-state index is -1.19. The van der Waals surface area contributed by atoms with Crippen LogP contribution in [0.5, 0.6) is 5.75 Å². The van der Waals surface area contributed by atoms with Gasteiger partial charge in [-0.3, -0.25) is 19.6 Å². The average molecular weight is 517 g/mol. The van der Waals surface area contributed by atoms with Crippen LogP contribution in [-0.4, -0.2) is 49.2 Å². The zero-order valence-electron chi connectivity index (χ0n) is 20.3. The van der Waals surface area contributed by atoms with Crippen LogP contribution in [0.1, 0.15) is 34.5 Å². The van der Waals surface area contributed by atoms with Crippen LogP contribution in [0.2, 0.25) is 0 Å². The Bertz CT molecular complexity index is 1270. The van der Waals surface area contributed by atoms with Crippen LogP contribution in [-0.2, 0) is 16.1 Å². The largest absolute Gasteiger partial charge is 0.496 e. The molecule has 0 radical (unpaired) electrons. The molecule has 0 aliphatic carbocycles. The Hall–Kier alpha value is -4.65. The number of hydrogen-bond acceptors (Lipinski definition) is 6. The molecule has 0 saturated heterocycles. The van der Waals surface area contributed by atoms with E-state index < -0.39 is 17.9 Å². The van der Waals surface area contributed by atoms with Gasteiger partial charge in [0.25, 0.3) is 11.8 Å². The molecular weight excluding hydrogens is 484 g/mol. The maximum Gasteiger partial charge on any atom is 0.267 e. The molecule has 5 N–H and O–H groups in total. The number of carbonyl (C=O) groups excluding carboxylic acids is 3. The van der Waals surface area contributed by atoms with Crippen LogP contribution in [0, 0.1) is 11.8 Å². The first kappa shape index (κ1) is 29.6. The molecule has 0 saturated carbocycles. The van der Waals surface area contributed by atoms with Gasteiger partial charge in [-0.15, -0.1) is 0 Å². The maximum absolute atomic E-state index is 12.7. The van der Waals surface area contributed by atoms with Crippen molar-refractivity contribution in [2.45, 2.75) is 20.0 Å². The van der Waals surface area contributed by atoms with Gasteiger partial charge in [0.05, 0.1) is 13.7 Å². The maximum atomic E-state index is 12.7. The molecule has 0 aromatic heterocycles. The third-order valence-electron chi connectivity index (χ3n) is 5.30. The summed E-state index contributed by atoms with van der Waals surface area (Å²) in [6, 6.07) is 22.3.